The third kappa shape index (κ3) is 5.14. The minimum absolute atomic E-state index is 0.0626. The number of esters is 1. The topological polar surface area (TPSA) is 167 Å². The normalized spacial score (nSPS) is 14.4. The van der Waals surface area contributed by atoms with Gasteiger partial charge >= 0.3 is 16.2 Å². The summed E-state index contributed by atoms with van der Waals surface area (Å²) in [4.78, 5) is 46.9. The second kappa shape index (κ2) is 9.21. The van der Waals surface area contributed by atoms with E-state index in [4.69, 9.17) is 0 Å². The molecule has 0 bridgehead atoms. The zero-order chi connectivity index (χ0) is 22.4. The Balaban J connectivity index is 0.000000194. The van der Waals surface area contributed by atoms with Crippen molar-refractivity contribution in [2.45, 2.75) is 6.42 Å². The zero-order valence-corrected chi connectivity index (χ0v) is 17.0. The SMILES string of the molecule is COC(=O)Cc1ccccc1N1CC(=O)NS1(=O)=O.O=C(c1ncc[nH]1)c1ncc[nH]1. The zero-order valence-electron chi connectivity index (χ0n) is 16.2. The number of nitrogens with one attached hydrogen (secondary N) is 3. The van der Waals surface area contributed by atoms with Crippen molar-refractivity contribution >= 4 is 33.6 Å². The van der Waals surface area contributed by atoms with Crippen molar-refractivity contribution in [2.24, 2.45) is 0 Å². The highest BCUT2D eigenvalue weighted by molar-refractivity contribution is 7.92. The van der Waals surface area contributed by atoms with Gasteiger partial charge < -0.3 is 14.7 Å². The molecular weight excluding hydrogens is 428 g/mol. The first-order chi connectivity index (χ1) is 14.8. The fraction of sp³-hybridized carbons (Fsp3) is 0.167. The van der Waals surface area contributed by atoms with Gasteiger partial charge in [-0.1, -0.05) is 18.2 Å². The summed E-state index contributed by atoms with van der Waals surface area (Å²) in [6.07, 6.45) is 6.17. The number of ketones is 1. The maximum atomic E-state index is 11.8. The smallest absolute Gasteiger partial charge is 0.326 e. The van der Waals surface area contributed by atoms with Crippen LogP contribution in [0.15, 0.2) is 49.1 Å². The summed E-state index contributed by atoms with van der Waals surface area (Å²) in [6.45, 7) is -0.291. The number of anilines is 1. The lowest BCUT2D eigenvalue weighted by molar-refractivity contribution is -0.139. The number of carbonyl (C=O) groups excluding carboxylic acids is 3. The van der Waals surface area contributed by atoms with Crippen LogP contribution in [0, 0.1) is 0 Å². The number of hydrogen-bond donors (Lipinski definition) is 3. The molecule has 13 heteroatoms. The molecule has 1 aliphatic heterocycles. The number of nitrogens with zero attached hydrogens (tertiary/aromatic N) is 3. The van der Waals surface area contributed by atoms with E-state index in [1.165, 1.54) is 25.6 Å². The number of para-hydroxylation sites is 1. The minimum atomic E-state index is -3.87. The molecule has 2 aromatic heterocycles. The first kappa shape index (κ1) is 21.7. The number of rotatable bonds is 5. The van der Waals surface area contributed by atoms with Gasteiger partial charge in [0.1, 0.15) is 6.54 Å². The number of aromatic nitrogens is 4. The highest BCUT2D eigenvalue weighted by Crippen LogP contribution is 2.25. The Kier molecular flexibility index (Phi) is 6.45. The van der Waals surface area contributed by atoms with Crippen molar-refractivity contribution in [2.75, 3.05) is 18.0 Å². The van der Waals surface area contributed by atoms with Gasteiger partial charge in [0.25, 0.3) is 11.7 Å². The quantitative estimate of drug-likeness (QED) is 0.362. The van der Waals surface area contributed by atoms with Gasteiger partial charge in [-0.15, -0.1) is 0 Å². The average molecular weight is 446 g/mol. The van der Waals surface area contributed by atoms with E-state index in [1.807, 2.05) is 4.72 Å². The van der Waals surface area contributed by atoms with Gasteiger partial charge in [-0.2, -0.15) is 8.42 Å². The van der Waals surface area contributed by atoms with Crippen LogP contribution in [-0.2, 0) is 31.0 Å². The van der Waals surface area contributed by atoms with E-state index in [0.717, 1.165) is 4.31 Å². The second-order valence-corrected chi connectivity index (χ2v) is 7.72. The number of methoxy groups -OCH3 is 1. The number of benzene rings is 1. The molecule has 3 N–H and O–H groups in total. The number of carbonyl (C=O) groups is 3. The molecule has 4 rings (SSSR count). The van der Waals surface area contributed by atoms with Crippen LogP contribution in [0.3, 0.4) is 0 Å². The van der Waals surface area contributed by atoms with Crippen LogP contribution in [0.1, 0.15) is 22.0 Å². The summed E-state index contributed by atoms with van der Waals surface area (Å²) in [5.41, 5.74) is 0.778. The molecule has 0 aliphatic carbocycles. The number of hydrogen-bond acceptors (Lipinski definition) is 8. The van der Waals surface area contributed by atoms with Gasteiger partial charge in [-0.3, -0.25) is 14.4 Å². The molecule has 1 amide bonds. The van der Waals surface area contributed by atoms with Crippen molar-refractivity contribution in [3.05, 3.63) is 66.3 Å². The summed E-state index contributed by atoms with van der Waals surface area (Å²) < 4.78 is 30.9. The van der Waals surface area contributed by atoms with Gasteiger partial charge in [-0.25, -0.2) is 19.0 Å². The lowest BCUT2D eigenvalue weighted by atomic mass is 10.1. The molecule has 162 valence electrons. The Morgan fingerprint density at radius 1 is 1.10 bits per heavy atom. The predicted octanol–water partition coefficient (Wildman–Crippen LogP) is -0.0531. The van der Waals surface area contributed by atoms with Gasteiger partial charge in [-0.05, 0) is 11.6 Å². The van der Waals surface area contributed by atoms with Crippen LogP contribution in [-0.4, -0.2) is 59.7 Å². The Labute approximate surface area is 176 Å². The Morgan fingerprint density at radius 2 is 1.71 bits per heavy atom. The molecule has 0 saturated carbocycles. The molecule has 1 saturated heterocycles. The number of ether oxygens (including phenoxy) is 1. The molecule has 1 aliphatic rings. The van der Waals surface area contributed by atoms with Crippen LogP contribution in [0.25, 0.3) is 0 Å². The van der Waals surface area contributed by atoms with Gasteiger partial charge in [0.2, 0.25) is 0 Å². The Hall–Kier alpha value is -4.00. The molecule has 0 radical (unpaired) electrons. The van der Waals surface area contributed by atoms with Gasteiger partial charge in [0.15, 0.2) is 11.6 Å². The highest BCUT2D eigenvalue weighted by Gasteiger charge is 2.35. The van der Waals surface area contributed by atoms with E-state index < -0.39 is 22.1 Å². The number of amides is 1. The Bertz CT molecular complexity index is 1140. The lowest BCUT2D eigenvalue weighted by Gasteiger charge is -2.18. The van der Waals surface area contributed by atoms with E-state index in [1.54, 1.807) is 30.6 Å². The first-order valence-electron chi connectivity index (χ1n) is 8.83. The van der Waals surface area contributed by atoms with Crippen LogP contribution in [0.5, 0.6) is 0 Å². The van der Waals surface area contributed by atoms with E-state index in [0.29, 0.717) is 22.9 Å². The minimum Gasteiger partial charge on any atom is -0.469 e. The maximum absolute atomic E-state index is 11.8. The van der Waals surface area contributed by atoms with Crippen LogP contribution >= 0.6 is 0 Å². The summed E-state index contributed by atoms with van der Waals surface area (Å²) in [5, 5.41) is 0. The molecular formula is C18H18N6O6S. The van der Waals surface area contributed by atoms with Crippen molar-refractivity contribution in [1.82, 2.24) is 24.7 Å². The van der Waals surface area contributed by atoms with E-state index >= 15 is 0 Å². The molecule has 12 nitrogen and oxygen atoms in total. The molecule has 1 fully saturated rings. The Morgan fingerprint density at radius 3 is 2.19 bits per heavy atom. The van der Waals surface area contributed by atoms with Crippen molar-refractivity contribution in [1.29, 1.82) is 0 Å². The fourth-order valence-electron chi connectivity index (χ4n) is 2.68. The largest absolute Gasteiger partial charge is 0.469 e. The average Bonchev–Trinajstić information content (AvgIpc) is 3.50. The summed E-state index contributed by atoms with van der Waals surface area (Å²) >= 11 is 0. The van der Waals surface area contributed by atoms with Crippen molar-refractivity contribution in [3.8, 4) is 0 Å². The van der Waals surface area contributed by atoms with Crippen LogP contribution < -0.4 is 9.03 Å². The van der Waals surface area contributed by atoms with E-state index in [9.17, 15) is 22.8 Å². The lowest BCUT2D eigenvalue weighted by Crippen LogP contribution is -2.30. The maximum Gasteiger partial charge on any atom is 0.326 e. The summed E-state index contributed by atoms with van der Waals surface area (Å²) in [7, 11) is -2.62. The third-order valence-corrected chi connectivity index (χ3v) is 5.46. The third-order valence-electron chi connectivity index (χ3n) is 4.07. The molecule has 1 aromatic carbocycles. The highest BCUT2D eigenvalue weighted by atomic mass is 32.2. The number of aromatic amines is 2. The van der Waals surface area contributed by atoms with E-state index in [-0.39, 0.29) is 18.7 Å². The van der Waals surface area contributed by atoms with Crippen molar-refractivity contribution < 1.29 is 27.5 Å². The summed E-state index contributed by atoms with van der Waals surface area (Å²) in [6, 6.07) is 6.47. The van der Waals surface area contributed by atoms with Gasteiger partial charge in [0.05, 0.1) is 19.2 Å². The molecule has 31 heavy (non-hydrogen) atoms. The number of imidazole rings is 2. The molecule has 0 unspecified atom stereocenters. The molecule has 0 spiro atoms. The molecule has 3 aromatic rings. The van der Waals surface area contributed by atoms with Crippen molar-refractivity contribution in [3.63, 3.8) is 0 Å². The molecule has 0 atom stereocenters. The first-order valence-corrected chi connectivity index (χ1v) is 10.3. The van der Waals surface area contributed by atoms with E-state index in [2.05, 4.69) is 24.7 Å². The van der Waals surface area contributed by atoms with Crippen LogP contribution in [0.2, 0.25) is 0 Å². The van der Waals surface area contributed by atoms with Gasteiger partial charge in [0, 0.05) is 24.8 Å². The molecule has 3 heterocycles. The predicted molar refractivity (Wildman–Crippen MR) is 107 cm³/mol. The number of H-pyrrole nitrogens is 2. The second-order valence-electron chi connectivity index (χ2n) is 6.12. The standard InChI is InChI=1S/C11H12N2O5S.C7H6N4O/c1-18-11(15)6-8-4-2-3-5-9(8)13-7-10(14)12-19(13,16)17;12-5(6-8-1-2-9-6)7-10-3-4-11-7/h2-5H,6-7H2,1H3,(H,12,14);1-4H,(H,8,9)(H,10,11). The monoisotopic (exact) mass is 446 g/mol. The fourth-order valence-corrected chi connectivity index (χ4v) is 3.87. The van der Waals surface area contributed by atoms with Crippen LogP contribution in [0.4, 0.5) is 5.69 Å². The summed E-state index contributed by atoms with van der Waals surface area (Å²) in [5.74, 6) is -0.726.